The number of carbonyl (C=O) groups is 1. The highest BCUT2D eigenvalue weighted by atomic mass is 31.2. The molecule has 4 rings (SSSR count). The lowest BCUT2D eigenvalue weighted by Gasteiger charge is -2.39. The van der Waals surface area contributed by atoms with Crippen LogP contribution in [0.3, 0.4) is 0 Å². The Kier molecular flexibility index (Phi) is 6.03. The molecule has 0 radical (unpaired) electrons. The average Bonchev–Trinajstić information content (AvgIpc) is 3.13. The first-order chi connectivity index (χ1) is 14.9. The summed E-state index contributed by atoms with van der Waals surface area (Å²) < 4.78 is 14.6. The van der Waals surface area contributed by atoms with E-state index in [4.69, 9.17) is 0 Å². The van der Waals surface area contributed by atoms with Crippen molar-refractivity contribution < 1.29 is 9.36 Å². The first-order valence-corrected chi connectivity index (χ1v) is 13.3. The van der Waals surface area contributed by atoms with Gasteiger partial charge in [0.25, 0.3) is 0 Å². The van der Waals surface area contributed by atoms with Gasteiger partial charge >= 0.3 is 0 Å². The van der Waals surface area contributed by atoms with Crippen LogP contribution in [0.25, 0.3) is 10.9 Å². The minimum absolute atomic E-state index is 0.0258. The number of para-hydroxylation sites is 1. The van der Waals surface area contributed by atoms with E-state index in [-0.39, 0.29) is 5.91 Å². The number of hydrogen-bond acceptors (Lipinski definition) is 3. The third-order valence-electron chi connectivity index (χ3n) is 6.62. The van der Waals surface area contributed by atoms with Gasteiger partial charge in [0.05, 0.1) is 19.1 Å². The highest BCUT2D eigenvalue weighted by Crippen LogP contribution is 2.65. The van der Waals surface area contributed by atoms with Crippen LogP contribution in [0.2, 0.25) is 0 Å². The number of hydrogen-bond donors (Lipinski definition) is 1. The van der Waals surface area contributed by atoms with E-state index in [0.29, 0.717) is 12.8 Å². The molecule has 4 nitrogen and oxygen atoms in total. The Hall–Kier alpha value is -2.45. The van der Waals surface area contributed by atoms with Gasteiger partial charge in [-0.1, -0.05) is 44.2 Å². The summed E-state index contributed by atoms with van der Waals surface area (Å²) in [6.45, 7) is 6.40. The van der Waals surface area contributed by atoms with Crippen LogP contribution < -0.4 is 5.32 Å². The Morgan fingerprint density at radius 1 is 1.06 bits per heavy atom. The average molecular weight is 435 g/mol. The second-order valence-electron chi connectivity index (χ2n) is 8.92. The van der Waals surface area contributed by atoms with E-state index in [9.17, 15) is 9.36 Å². The maximum absolute atomic E-state index is 14.6. The van der Waals surface area contributed by atoms with Crippen molar-refractivity contribution in [2.45, 2.75) is 51.6 Å². The SMILES string of the molecule is CCCP(=O)(CCC)C(C)(Cc1cnc2ccccc2c1)c1ccc2c(c1)CC(=O)N2. The van der Waals surface area contributed by atoms with Crippen molar-refractivity contribution in [2.75, 3.05) is 17.6 Å². The number of anilines is 1. The van der Waals surface area contributed by atoms with Gasteiger partial charge < -0.3 is 9.88 Å². The summed E-state index contributed by atoms with van der Waals surface area (Å²) in [5.74, 6) is 0.0258. The van der Waals surface area contributed by atoms with Gasteiger partial charge in [0.1, 0.15) is 0 Å². The molecule has 162 valence electrons. The Morgan fingerprint density at radius 3 is 2.55 bits per heavy atom. The molecule has 1 atom stereocenters. The minimum atomic E-state index is -2.56. The van der Waals surface area contributed by atoms with Crippen molar-refractivity contribution in [3.8, 4) is 0 Å². The fourth-order valence-corrected chi connectivity index (χ4v) is 8.72. The minimum Gasteiger partial charge on any atom is -0.326 e. The molecule has 1 unspecified atom stereocenters. The maximum atomic E-state index is 14.6. The Labute approximate surface area is 184 Å². The molecule has 2 aromatic carbocycles. The van der Waals surface area contributed by atoms with E-state index < -0.39 is 12.3 Å². The molecular formula is C26H31N2O2P. The zero-order valence-electron chi connectivity index (χ0n) is 18.6. The fraction of sp³-hybridized carbons (Fsp3) is 0.385. The number of nitrogens with zero attached hydrogens (tertiary/aromatic N) is 1. The molecule has 1 N–H and O–H groups in total. The summed E-state index contributed by atoms with van der Waals surface area (Å²) in [7, 11) is -2.56. The monoisotopic (exact) mass is 434 g/mol. The van der Waals surface area contributed by atoms with Crippen LogP contribution in [0.15, 0.2) is 54.7 Å². The van der Waals surface area contributed by atoms with Crippen molar-refractivity contribution in [1.29, 1.82) is 0 Å². The second kappa shape index (κ2) is 8.59. The number of benzene rings is 2. The molecule has 1 aromatic heterocycles. The zero-order valence-corrected chi connectivity index (χ0v) is 19.5. The number of amides is 1. The van der Waals surface area contributed by atoms with Crippen LogP contribution in [0.5, 0.6) is 0 Å². The summed E-state index contributed by atoms with van der Waals surface area (Å²) in [5.41, 5.74) is 5.03. The maximum Gasteiger partial charge on any atom is 0.228 e. The van der Waals surface area contributed by atoms with Crippen molar-refractivity contribution in [3.05, 3.63) is 71.4 Å². The van der Waals surface area contributed by atoms with E-state index >= 15 is 0 Å². The first kappa shape index (κ1) is 21.8. The molecule has 1 aliphatic heterocycles. The van der Waals surface area contributed by atoms with Gasteiger partial charge in [-0.15, -0.1) is 0 Å². The second-order valence-corrected chi connectivity index (χ2v) is 12.6. The Balaban J connectivity index is 1.83. The number of carbonyl (C=O) groups excluding carboxylic acids is 1. The number of rotatable bonds is 8. The van der Waals surface area contributed by atoms with Crippen LogP contribution in [0, 0.1) is 0 Å². The highest BCUT2D eigenvalue weighted by molar-refractivity contribution is 7.65. The molecule has 0 saturated heterocycles. The lowest BCUT2D eigenvalue weighted by atomic mass is 9.91. The van der Waals surface area contributed by atoms with Gasteiger partial charge in [0.15, 0.2) is 0 Å². The van der Waals surface area contributed by atoms with Gasteiger partial charge in [0, 0.05) is 34.8 Å². The van der Waals surface area contributed by atoms with Crippen LogP contribution in [0.1, 0.15) is 50.3 Å². The molecule has 0 bridgehead atoms. The molecule has 0 aliphatic carbocycles. The molecule has 5 heteroatoms. The zero-order chi connectivity index (χ0) is 22.1. The van der Waals surface area contributed by atoms with Crippen molar-refractivity contribution in [1.82, 2.24) is 4.98 Å². The van der Waals surface area contributed by atoms with Gasteiger partial charge in [-0.25, -0.2) is 0 Å². The van der Waals surface area contributed by atoms with Crippen LogP contribution >= 0.6 is 7.14 Å². The molecule has 1 amide bonds. The van der Waals surface area contributed by atoms with E-state index in [1.807, 2.05) is 30.5 Å². The quantitative estimate of drug-likeness (QED) is 0.419. The van der Waals surface area contributed by atoms with Crippen molar-refractivity contribution in [2.24, 2.45) is 0 Å². The number of fused-ring (bicyclic) bond motifs is 2. The summed E-state index contributed by atoms with van der Waals surface area (Å²) in [6, 6.07) is 16.5. The fourth-order valence-electron chi connectivity index (χ4n) is 4.98. The largest absolute Gasteiger partial charge is 0.326 e. The summed E-state index contributed by atoms with van der Waals surface area (Å²) >= 11 is 0. The molecular weight excluding hydrogens is 403 g/mol. The van der Waals surface area contributed by atoms with Crippen LogP contribution in [0.4, 0.5) is 5.69 Å². The van der Waals surface area contributed by atoms with Gasteiger partial charge in [0.2, 0.25) is 5.91 Å². The number of nitrogens with one attached hydrogen (secondary N) is 1. The lowest BCUT2D eigenvalue weighted by molar-refractivity contribution is -0.115. The molecule has 0 saturated carbocycles. The first-order valence-electron chi connectivity index (χ1n) is 11.2. The van der Waals surface area contributed by atoms with E-state index in [1.54, 1.807) is 0 Å². The van der Waals surface area contributed by atoms with E-state index in [1.165, 1.54) is 0 Å². The van der Waals surface area contributed by atoms with Crippen molar-refractivity contribution >= 4 is 29.6 Å². The predicted molar refractivity (Wildman–Crippen MR) is 129 cm³/mol. The molecule has 31 heavy (non-hydrogen) atoms. The van der Waals surface area contributed by atoms with Crippen molar-refractivity contribution in [3.63, 3.8) is 0 Å². The standard InChI is InChI=1S/C26H31N2O2P/c1-4-12-31(30,13-5-2)26(3,22-10-11-24-21(15-22)16-25(29)28-24)17-19-14-20-8-6-7-9-23(20)27-18-19/h6-11,14-15,18H,4-5,12-13,16-17H2,1-3H3,(H,28,29). The third-order valence-corrected chi connectivity index (χ3v) is 11.2. The Morgan fingerprint density at radius 2 is 1.81 bits per heavy atom. The molecule has 0 spiro atoms. The van der Waals surface area contributed by atoms with Crippen LogP contribution in [-0.4, -0.2) is 23.2 Å². The highest BCUT2D eigenvalue weighted by Gasteiger charge is 2.44. The summed E-state index contributed by atoms with van der Waals surface area (Å²) in [5, 5.41) is 3.51. The third kappa shape index (κ3) is 4.06. The number of pyridine rings is 1. The molecule has 3 aromatic rings. The smallest absolute Gasteiger partial charge is 0.228 e. The molecule has 2 heterocycles. The topological polar surface area (TPSA) is 59.1 Å². The summed E-state index contributed by atoms with van der Waals surface area (Å²) in [4.78, 5) is 16.6. The van der Waals surface area contributed by atoms with Crippen LogP contribution in [-0.2, 0) is 27.4 Å². The van der Waals surface area contributed by atoms with Gasteiger partial charge in [-0.2, -0.15) is 0 Å². The van der Waals surface area contributed by atoms with E-state index in [0.717, 1.165) is 58.4 Å². The normalized spacial score (nSPS) is 15.5. The molecule has 0 fully saturated rings. The van der Waals surface area contributed by atoms with E-state index in [2.05, 4.69) is 55.3 Å². The number of aromatic nitrogens is 1. The van der Waals surface area contributed by atoms with Gasteiger partial charge in [-0.3, -0.25) is 9.78 Å². The van der Waals surface area contributed by atoms with Gasteiger partial charge in [-0.05, 0) is 61.1 Å². The Bertz CT molecular complexity index is 1160. The summed E-state index contributed by atoms with van der Waals surface area (Å²) in [6.07, 6.45) is 6.24. The predicted octanol–water partition coefficient (Wildman–Crippen LogP) is 6.37. The lowest BCUT2D eigenvalue weighted by Crippen LogP contribution is -2.28. The molecule has 1 aliphatic rings.